The van der Waals surface area contributed by atoms with Gasteiger partial charge in [-0.2, -0.15) is 0 Å². The van der Waals surface area contributed by atoms with Crippen molar-refractivity contribution < 1.29 is 9.15 Å². The quantitative estimate of drug-likeness (QED) is 0.276. The van der Waals surface area contributed by atoms with Crippen molar-refractivity contribution in [1.82, 2.24) is 0 Å². The molecule has 0 aliphatic carbocycles. The summed E-state index contributed by atoms with van der Waals surface area (Å²) in [6.45, 7) is 0. The Morgan fingerprint density at radius 1 is 0.486 bits per heavy atom. The highest BCUT2D eigenvalue weighted by Crippen LogP contribution is 2.47. The molecular weight excluding hydrogens is 454 g/mol. The number of hydrogen-bond acceptors (Lipinski definition) is 3. The van der Waals surface area contributed by atoms with Crippen LogP contribution < -0.4 is 10.1 Å². The molecule has 1 aromatic heterocycles. The Morgan fingerprint density at radius 3 is 2.19 bits per heavy atom. The molecule has 0 spiro atoms. The highest BCUT2D eigenvalue weighted by Gasteiger charge is 2.20. The molecule has 0 bridgehead atoms. The van der Waals surface area contributed by atoms with E-state index in [1.165, 1.54) is 16.3 Å². The minimum Gasteiger partial charge on any atom is -0.456 e. The molecular formula is C34H21NO2. The van der Waals surface area contributed by atoms with Gasteiger partial charge < -0.3 is 14.5 Å². The standard InChI is InChI=1S/C34H21NO2/c1-2-9-30-26(7-1)29-20-25(16-18-31(29)36-30)35-24-14-11-21(12-15-24)23-13-17-27-28-8-3-5-22-6-4-10-32(34(22)28)37-33(27)19-23/h1-20,35H. The first-order chi connectivity index (χ1) is 18.3. The molecule has 3 nitrogen and oxygen atoms in total. The van der Waals surface area contributed by atoms with Crippen LogP contribution in [0.25, 0.3) is 55.0 Å². The zero-order valence-electron chi connectivity index (χ0n) is 19.9. The minimum atomic E-state index is 0.895. The molecule has 37 heavy (non-hydrogen) atoms. The van der Waals surface area contributed by atoms with Crippen LogP contribution in [0.3, 0.4) is 0 Å². The Balaban J connectivity index is 1.10. The van der Waals surface area contributed by atoms with Crippen LogP contribution in [0.1, 0.15) is 0 Å². The summed E-state index contributed by atoms with van der Waals surface area (Å²) in [6, 6.07) is 42.0. The van der Waals surface area contributed by atoms with Gasteiger partial charge in [-0.3, -0.25) is 0 Å². The molecule has 8 rings (SSSR count). The van der Waals surface area contributed by atoms with Crippen LogP contribution in [-0.4, -0.2) is 0 Å². The van der Waals surface area contributed by atoms with Gasteiger partial charge in [0, 0.05) is 33.1 Å². The number of anilines is 2. The molecule has 1 N–H and O–H groups in total. The van der Waals surface area contributed by atoms with E-state index in [-0.39, 0.29) is 0 Å². The first-order valence-corrected chi connectivity index (χ1v) is 12.4. The van der Waals surface area contributed by atoms with Crippen LogP contribution in [0.5, 0.6) is 11.5 Å². The lowest BCUT2D eigenvalue weighted by molar-refractivity contribution is 0.487. The summed E-state index contributed by atoms with van der Waals surface area (Å²) in [4.78, 5) is 0. The van der Waals surface area contributed by atoms with Crippen molar-refractivity contribution in [1.29, 1.82) is 0 Å². The Kier molecular flexibility index (Phi) is 4.23. The van der Waals surface area contributed by atoms with Crippen molar-refractivity contribution in [3.05, 3.63) is 121 Å². The fraction of sp³-hybridized carbons (Fsp3) is 0. The molecule has 1 aliphatic rings. The Hall–Kier alpha value is -5.02. The topological polar surface area (TPSA) is 34.4 Å². The zero-order chi connectivity index (χ0) is 24.3. The van der Waals surface area contributed by atoms with E-state index in [1.807, 2.05) is 30.3 Å². The summed E-state index contributed by atoms with van der Waals surface area (Å²) >= 11 is 0. The number of furan rings is 1. The average molecular weight is 476 g/mol. The van der Waals surface area contributed by atoms with E-state index in [4.69, 9.17) is 9.15 Å². The second-order valence-corrected chi connectivity index (χ2v) is 9.48. The SMILES string of the molecule is c1cc2c3c(cccc3c1)-c1ccc(-c3ccc(Nc4ccc5oc6ccccc6c5c4)cc3)cc1O2. The maximum atomic E-state index is 6.35. The van der Waals surface area contributed by atoms with Crippen LogP contribution in [-0.2, 0) is 0 Å². The van der Waals surface area contributed by atoms with E-state index < -0.39 is 0 Å². The van der Waals surface area contributed by atoms with Crippen molar-refractivity contribution in [3.8, 4) is 33.8 Å². The van der Waals surface area contributed by atoms with Crippen LogP contribution in [0, 0.1) is 0 Å². The van der Waals surface area contributed by atoms with Gasteiger partial charge >= 0.3 is 0 Å². The van der Waals surface area contributed by atoms with Gasteiger partial charge in [-0.1, -0.05) is 66.7 Å². The van der Waals surface area contributed by atoms with Crippen molar-refractivity contribution in [2.75, 3.05) is 5.32 Å². The fourth-order valence-corrected chi connectivity index (χ4v) is 5.46. The van der Waals surface area contributed by atoms with Gasteiger partial charge in [-0.15, -0.1) is 0 Å². The molecule has 0 atom stereocenters. The lowest BCUT2D eigenvalue weighted by Crippen LogP contribution is -1.97. The summed E-state index contributed by atoms with van der Waals surface area (Å²) < 4.78 is 12.3. The van der Waals surface area contributed by atoms with Crippen molar-refractivity contribution in [2.45, 2.75) is 0 Å². The summed E-state index contributed by atoms with van der Waals surface area (Å²) in [7, 11) is 0. The largest absolute Gasteiger partial charge is 0.456 e. The Bertz CT molecular complexity index is 1980. The van der Waals surface area contributed by atoms with E-state index in [1.54, 1.807) is 0 Å². The highest BCUT2D eigenvalue weighted by atomic mass is 16.5. The van der Waals surface area contributed by atoms with Gasteiger partial charge in [-0.05, 0) is 76.7 Å². The molecule has 3 heteroatoms. The molecule has 0 unspecified atom stereocenters. The van der Waals surface area contributed by atoms with Crippen LogP contribution in [0.2, 0.25) is 0 Å². The van der Waals surface area contributed by atoms with Crippen LogP contribution >= 0.6 is 0 Å². The van der Waals surface area contributed by atoms with Gasteiger partial charge in [0.15, 0.2) is 0 Å². The minimum absolute atomic E-state index is 0.895. The molecule has 6 aromatic carbocycles. The van der Waals surface area contributed by atoms with Gasteiger partial charge in [0.1, 0.15) is 22.7 Å². The zero-order valence-corrected chi connectivity index (χ0v) is 19.9. The summed E-state index contributed by atoms with van der Waals surface area (Å²) in [5.41, 5.74) is 8.50. The van der Waals surface area contributed by atoms with E-state index in [9.17, 15) is 0 Å². The van der Waals surface area contributed by atoms with Crippen LogP contribution in [0.15, 0.2) is 126 Å². The third-order valence-electron chi connectivity index (χ3n) is 7.24. The van der Waals surface area contributed by atoms with E-state index in [2.05, 4.69) is 96.3 Å². The van der Waals surface area contributed by atoms with Gasteiger partial charge in [-0.25, -0.2) is 0 Å². The predicted molar refractivity (Wildman–Crippen MR) is 152 cm³/mol. The number of hydrogen-bond donors (Lipinski definition) is 1. The van der Waals surface area contributed by atoms with Crippen molar-refractivity contribution in [2.24, 2.45) is 0 Å². The molecule has 0 radical (unpaired) electrons. The Labute approximate surface area is 213 Å². The smallest absolute Gasteiger partial charge is 0.135 e. The molecule has 174 valence electrons. The maximum absolute atomic E-state index is 6.35. The van der Waals surface area contributed by atoms with Crippen LogP contribution in [0.4, 0.5) is 11.4 Å². The van der Waals surface area contributed by atoms with Crippen molar-refractivity contribution >= 4 is 44.1 Å². The molecule has 1 aliphatic heterocycles. The second kappa shape index (κ2) is 7.74. The van der Waals surface area contributed by atoms with E-state index >= 15 is 0 Å². The summed E-state index contributed by atoms with van der Waals surface area (Å²) in [5, 5.41) is 8.16. The average Bonchev–Trinajstić information content (AvgIpc) is 3.32. The number of benzene rings is 6. The van der Waals surface area contributed by atoms with Gasteiger partial charge in [0.05, 0.1) is 0 Å². The maximum Gasteiger partial charge on any atom is 0.135 e. The molecule has 0 saturated carbocycles. The number of para-hydroxylation sites is 1. The number of fused-ring (bicyclic) bond motifs is 5. The predicted octanol–water partition coefficient (Wildman–Crippen LogP) is 9.92. The monoisotopic (exact) mass is 475 g/mol. The third-order valence-corrected chi connectivity index (χ3v) is 7.24. The summed E-state index contributed by atoms with van der Waals surface area (Å²) in [6.07, 6.45) is 0. The molecule has 7 aromatic rings. The van der Waals surface area contributed by atoms with Gasteiger partial charge in [0.2, 0.25) is 0 Å². The first kappa shape index (κ1) is 20.2. The lowest BCUT2D eigenvalue weighted by Gasteiger charge is -2.22. The van der Waals surface area contributed by atoms with E-state index in [0.29, 0.717) is 0 Å². The lowest BCUT2D eigenvalue weighted by atomic mass is 9.93. The highest BCUT2D eigenvalue weighted by molar-refractivity contribution is 6.06. The molecule has 0 amide bonds. The number of nitrogens with one attached hydrogen (secondary N) is 1. The molecule has 0 fully saturated rings. The van der Waals surface area contributed by atoms with Gasteiger partial charge in [0.25, 0.3) is 0 Å². The fourth-order valence-electron chi connectivity index (χ4n) is 5.46. The third kappa shape index (κ3) is 3.21. The van der Waals surface area contributed by atoms with E-state index in [0.717, 1.165) is 61.5 Å². The molecule has 0 saturated heterocycles. The normalized spacial score (nSPS) is 12.0. The van der Waals surface area contributed by atoms with Crippen molar-refractivity contribution in [3.63, 3.8) is 0 Å². The second-order valence-electron chi connectivity index (χ2n) is 9.48. The number of rotatable bonds is 3. The molecule has 2 heterocycles. The first-order valence-electron chi connectivity index (χ1n) is 12.4. The summed E-state index contributed by atoms with van der Waals surface area (Å²) in [5.74, 6) is 1.81. The number of ether oxygens (including phenoxy) is 1. The Morgan fingerprint density at radius 2 is 1.27 bits per heavy atom.